The number of piperidine rings is 1. The monoisotopic (exact) mass is 377 g/mol. The second kappa shape index (κ2) is 8.15. The zero-order valence-electron chi connectivity index (χ0n) is 16.3. The van der Waals surface area contributed by atoms with E-state index in [4.69, 9.17) is 0 Å². The van der Waals surface area contributed by atoms with Crippen molar-refractivity contribution >= 4 is 23.2 Å². The van der Waals surface area contributed by atoms with Crippen LogP contribution in [0.5, 0.6) is 0 Å². The van der Waals surface area contributed by atoms with E-state index in [1.807, 2.05) is 31.2 Å². The number of carbonyl (C=O) groups excluding carboxylic acids is 2. The van der Waals surface area contributed by atoms with E-state index in [2.05, 4.69) is 40.5 Å². The first-order valence-corrected chi connectivity index (χ1v) is 10.1. The summed E-state index contributed by atoms with van der Waals surface area (Å²) < 4.78 is 0. The second-order valence-electron chi connectivity index (χ2n) is 7.83. The van der Waals surface area contributed by atoms with E-state index in [-0.39, 0.29) is 24.4 Å². The van der Waals surface area contributed by atoms with E-state index in [0.717, 1.165) is 38.0 Å². The van der Waals surface area contributed by atoms with Gasteiger partial charge in [0.25, 0.3) is 0 Å². The van der Waals surface area contributed by atoms with Crippen molar-refractivity contribution in [1.82, 2.24) is 4.90 Å². The number of carbonyl (C=O) groups is 2. The van der Waals surface area contributed by atoms with Crippen molar-refractivity contribution in [1.29, 1.82) is 0 Å². The Hall–Kier alpha value is -2.66. The third-order valence-corrected chi connectivity index (χ3v) is 5.96. The van der Waals surface area contributed by atoms with Gasteiger partial charge in [-0.05, 0) is 62.9 Å². The van der Waals surface area contributed by atoms with Crippen LogP contribution in [0.1, 0.15) is 25.3 Å². The maximum atomic E-state index is 13.2. The Morgan fingerprint density at radius 2 is 1.75 bits per heavy atom. The van der Waals surface area contributed by atoms with Gasteiger partial charge in [-0.3, -0.25) is 19.4 Å². The molecule has 2 aromatic rings. The molecule has 0 radical (unpaired) electrons. The number of hydrogen-bond acceptors (Lipinski definition) is 3. The zero-order chi connectivity index (χ0) is 19.5. The Bertz CT molecular complexity index is 844. The molecule has 0 saturated carbocycles. The molecule has 28 heavy (non-hydrogen) atoms. The third-order valence-electron chi connectivity index (χ3n) is 5.96. The maximum absolute atomic E-state index is 13.2. The van der Waals surface area contributed by atoms with Crippen LogP contribution in [-0.2, 0) is 16.0 Å². The number of hydrogen-bond donors (Lipinski definition) is 1. The van der Waals surface area contributed by atoms with Crippen LogP contribution in [0.15, 0.2) is 54.6 Å². The van der Waals surface area contributed by atoms with Crippen molar-refractivity contribution in [3.05, 3.63) is 60.2 Å². The van der Waals surface area contributed by atoms with E-state index in [9.17, 15) is 9.59 Å². The topological polar surface area (TPSA) is 52.7 Å². The molecule has 2 aliphatic heterocycles. The van der Waals surface area contributed by atoms with Gasteiger partial charge in [0.2, 0.25) is 11.8 Å². The predicted molar refractivity (Wildman–Crippen MR) is 111 cm³/mol. The molecule has 146 valence electrons. The lowest BCUT2D eigenvalue weighted by Crippen LogP contribution is -2.52. The van der Waals surface area contributed by atoms with Crippen LogP contribution in [-0.4, -0.2) is 42.4 Å². The van der Waals surface area contributed by atoms with Gasteiger partial charge in [0, 0.05) is 0 Å². The molecule has 2 heterocycles. The minimum atomic E-state index is -0.225. The average Bonchev–Trinajstić information content (AvgIpc) is 2.73. The summed E-state index contributed by atoms with van der Waals surface area (Å²) in [5.74, 6) is 0.534. The molecule has 1 fully saturated rings. The van der Waals surface area contributed by atoms with Crippen molar-refractivity contribution in [3.8, 4) is 0 Å². The molecule has 4 rings (SSSR count). The molecular weight excluding hydrogens is 350 g/mol. The molecule has 1 saturated heterocycles. The Morgan fingerprint density at radius 3 is 2.50 bits per heavy atom. The number of nitrogens with zero attached hydrogens (tertiary/aromatic N) is 2. The summed E-state index contributed by atoms with van der Waals surface area (Å²) in [5, 5.41) is 2.85. The fraction of sp³-hybridized carbons (Fsp3) is 0.391. The maximum Gasteiger partial charge on any atom is 0.244 e. The number of likely N-dealkylation sites (tertiary alicyclic amines) is 1. The highest BCUT2D eigenvalue weighted by Gasteiger charge is 2.33. The summed E-state index contributed by atoms with van der Waals surface area (Å²) >= 11 is 0. The molecule has 2 aliphatic rings. The van der Waals surface area contributed by atoms with Gasteiger partial charge in [-0.2, -0.15) is 0 Å². The highest BCUT2D eigenvalue weighted by Crippen LogP contribution is 2.30. The molecule has 2 amide bonds. The molecule has 2 aromatic carbocycles. The Balaban J connectivity index is 1.38. The lowest BCUT2D eigenvalue weighted by Gasteiger charge is -2.38. The third kappa shape index (κ3) is 3.94. The number of rotatable bonds is 4. The summed E-state index contributed by atoms with van der Waals surface area (Å²) in [6.07, 6.45) is 3.31. The van der Waals surface area contributed by atoms with E-state index < -0.39 is 0 Å². The molecule has 0 aromatic heterocycles. The largest absolute Gasteiger partial charge is 0.323 e. The molecule has 5 heteroatoms. The fourth-order valence-electron chi connectivity index (χ4n) is 4.30. The van der Waals surface area contributed by atoms with Gasteiger partial charge in [-0.1, -0.05) is 42.5 Å². The molecule has 5 nitrogen and oxygen atoms in total. The smallest absolute Gasteiger partial charge is 0.244 e. The minimum Gasteiger partial charge on any atom is -0.323 e. The number of anilines is 2. The van der Waals surface area contributed by atoms with Gasteiger partial charge >= 0.3 is 0 Å². The molecule has 0 unspecified atom stereocenters. The number of fused-ring (bicyclic) bond motifs is 1. The van der Waals surface area contributed by atoms with Crippen molar-refractivity contribution in [2.45, 2.75) is 32.2 Å². The van der Waals surface area contributed by atoms with E-state index >= 15 is 0 Å². The van der Waals surface area contributed by atoms with Crippen molar-refractivity contribution in [3.63, 3.8) is 0 Å². The van der Waals surface area contributed by atoms with E-state index in [1.54, 1.807) is 4.90 Å². The minimum absolute atomic E-state index is 0.00353. The highest BCUT2D eigenvalue weighted by molar-refractivity contribution is 6.11. The number of benzene rings is 2. The summed E-state index contributed by atoms with van der Waals surface area (Å²) in [5.41, 5.74) is 2.89. The molecule has 1 atom stereocenters. The lowest BCUT2D eigenvalue weighted by molar-refractivity contribution is -0.125. The zero-order valence-corrected chi connectivity index (χ0v) is 16.3. The average molecular weight is 377 g/mol. The van der Waals surface area contributed by atoms with Gasteiger partial charge in [0.1, 0.15) is 6.54 Å². The van der Waals surface area contributed by atoms with Crippen LogP contribution in [0.4, 0.5) is 11.4 Å². The van der Waals surface area contributed by atoms with Crippen molar-refractivity contribution in [2.75, 3.05) is 29.9 Å². The van der Waals surface area contributed by atoms with E-state index in [0.29, 0.717) is 11.6 Å². The highest BCUT2D eigenvalue weighted by atomic mass is 16.2. The van der Waals surface area contributed by atoms with Gasteiger partial charge in [0.15, 0.2) is 0 Å². The van der Waals surface area contributed by atoms with Crippen LogP contribution in [0.2, 0.25) is 0 Å². The molecule has 0 aliphatic carbocycles. The first-order valence-electron chi connectivity index (χ1n) is 10.1. The lowest BCUT2D eigenvalue weighted by atomic mass is 9.89. The molecule has 1 N–H and O–H groups in total. The summed E-state index contributed by atoms with van der Waals surface area (Å²) in [4.78, 5) is 29.1. The summed E-state index contributed by atoms with van der Waals surface area (Å²) in [6.45, 7) is 3.90. The second-order valence-corrected chi connectivity index (χ2v) is 7.83. The molecule has 0 bridgehead atoms. The fourth-order valence-corrected chi connectivity index (χ4v) is 4.30. The number of para-hydroxylation sites is 2. The summed E-state index contributed by atoms with van der Waals surface area (Å²) in [7, 11) is 0. The standard InChI is InChI=1S/C23H27N3O2/c1-17(23(28)26-16-22(27)24-20-9-5-6-10-21(20)26)25-13-11-19(12-14-25)15-18-7-3-2-4-8-18/h2-10,17,19H,11-16H2,1H3,(H,24,27)/t17-/m0/s1. The van der Waals surface area contributed by atoms with Crippen LogP contribution >= 0.6 is 0 Å². The summed E-state index contributed by atoms with van der Waals surface area (Å²) in [6, 6.07) is 17.9. The van der Waals surface area contributed by atoms with Gasteiger partial charge in [-0.15, -0.1) is 0 Å². The first kappa shape index (κ1) is 18.7. The van der Waals surface area contributed by atoms with Gasteiger partial charge in [-0.25, -0.2) is 0 Å². The van der Waals surface area contributed by atoms with Crippen molar-refractivity contribution in [2.24, 2.45) is 5.92 Å². The Morgan fingerprint density at radius 1 is 1.07 bits per heavy atom. The van der Waals surface area contributed by atoms with Crippen LogP contribution in [0.25, 0.3) is 0 Å². The van der Waals surface area contributed by atoms with Crippen LogP contribution in [0.3, 0.4) is 0 Å². The number of nitrogens with one attached hydrogen (secondary N) is 1. The quantitative estimate of drug-likeness (QED) is 0.889. The van der Waals surface area contributed by atoms with Crippen molar-refractivity contribution < 1.29 is 9.59 Å². The van der Waals surface area contributed by atoms with Gasteiger partial charge in [0.05, 0.1) is 17.4 Å². The normalized spacial score (nSPS) is 19.0. The first-order chi connectivity index (χ1) is 13.6. The Kier molecular flexibility index (Phi) is 5.44. The number of amides is 2. The van der Waals surface area contributed by atoms with E-state index in [1.165, 1.54) is 5.56 Å². The SMILES string of the molecule is C[C@@H](C(=O)N1CC(=O)Nc2ccccc21)N1CCC(Cc2ccccc2)CC1. The van der Waals surface area contributed by atoms with Crippen LogP contribution in [0, 0.1) is 5.92 Å². The molecular formula is C23H27N3O2. The van der Waals surface area contributed by atoms with Gasteiger partial charge < -0.3 is 5.32 Å². The Labute approximate surface area is 166 Å². The molecule has 0 spiro atoms. The predicted octanol–water partition coefficient (Wildman–Crippen LogP) is 3.31. The van der Waals surface area contributed by atoms with Crippen LogP contribution < -0.4 is 10.2 Å².